The molecule has 0 atom stereocenters. The van der Waals surface area contributed by atoms with Crippen molar-refractivity contribution in [2.45, 2.75) is 51.5 Å². The van der Waals surface area contributed by atoms with Crippen LogP contribution in [0.5, 0.6) is 0 Å². The summed E-state index contributed by atoms with van der Waals surface area (Å²) >= 11 is 0. The number of nitrogen functional groups attached to an aromatic ring is 1. The monoisotopic (exact) mass is 470 g/mol. The number of anilines is 2. The van der Waals surface area contributed by atoms with Crippen LogP contribution in [-0.4, -0.2) is 37.7 Å². The first-order valence-electron chi connectivity index (χ1n) is 11.7. The lowest BCUT2D eigenvalue weighted by Crippen LogP contribution is -2.34. The van der Waals surface area contributed by atoms with Crippen molar-refractivity contribution in [1.29, 1.82) is 0 Å². The predicted octanol–water partition coefficient (Wildman–Crippen LogP) is 4.46. The molecule has 0 aliphatic carbocycles. The fraction of sp³-hybridized carbons (Fsp3) is 0.480. The first-order chi connectivity index (χ1) is 15.8. The lowest BCUT2D eigenvalue weighted by molar-refractivity contribution is 0.0618. The van der Waals surface area contributed by atoms with E-state index in [1.54, 1.807) is 12.1 Å². The number of hydrogen-bond acceptors (Lipinski definition) is 5. The molecular weight excluding hydrogens is 436 g/mol. The fourth-order valence-electron chi connectivity index (χ4n) is 4.37. The minimum Gasteiger partial charge on any atom is -0.381 e. The summed E-state index contributed by atoms with van der Waals surface area (Å²) in [4.78, 5) is 4.72. The van der Waals surface area contributed by atoms with Crippen molar-refractivity contribution < 1.29 is 13.2 Å². The topological polar surface area (TPSA) is 90.5 Å². The van der Waals surface area contributed by atoms with E-state index < -0.39 is 10.0 Å². The average Bonchev–Trinajstić information content (AvgIpc) is 3.12. The number of aromatic nitrogens is 2. The Morgan fingerprint density at radius 3 is 2.48 bits per heavy atom. The van der Waals surface area contributed by atoms with Gasteiger partial charge in [0.05, 0.1) is 21.6 Å². The van der Waals surface area contributed by atoms with E-state index in [4.69, 9.17) is 10.5 Å². The normalized spacial score (nSPS) is 15.4. The fourth-order valence-corrected chi connectivity index (χ4v) is 6.02. The number of benzene rings is 2. The third kappa shape index (κ3) is 5.01. The van der Waals surface area contributed by atoms with E-state index in [-0.39, 0.29) is 10.8 Å². The average molecular weight is 471 g/mol. The van der Waals surface area contributed by atoms with Crippen molar-refractivity contribution in [3.8, 4) is 0 Å². The molecule has 0 bridgehead atoms. The van der Waals surface area contributed by atoms with E-state index in [0.717, 1.165) is 44.5 Å². The van der Waals surface area contributed by atoms with Crippen molar-refractivity contribution in [3.63, 3.8) is 0 Å². The number of ether oxygens (including phenoxy) is 1. The molecule has 0 radical (unpaired) electrons. The number of fused-ring (bicyclic) bond motifs is 1. The number of sulfonamides is 1. The van der Waals surface area contributed by atoms with Gasteiger partial charge in [-0.3, -0.25) is 4.31 Å². The third-order valence-electron chi connectivity index (χ3n) is 6.28. The van der Waals surface area contributed by atoms with Crippen LogP contribution in [0.4, 0.5) is 11.6 Å². The standard InChI is InChI=1S/C25H34N4O3S/c1-4-19-5-7-21(8-6-19)29(16-18(2)3)33(30,31)22-9-10-24-23(15-22)27-25(26)28(24)17-20-11-13-32-14-12-20/h5-10,15,18,20H,4,11-14,16-17H2,1-3H3,(H2,26,27). The molecular formula is C25H34N4O3S. The highest BCUT2D eigenvalue weighted by Gasteiger charge is 2.27. The van der Waals surface area contributed by atoms with Crippen molar-refractivity contribution in [1.82, 2.24) is 9.55 Å². The zero-order valence-electron chi connectivity index (χ0n) is 19.7. The molecule has 2 heterocycles. The van der Waals surface area contributed by atoms with Gasteiger partial charge in [0.2, 0.25) is 5.95 Å². The summed E-state index contributed by atoms with van der Waals surface area (Å²) < 4.78 is 36.4. The second-order valence-corrected chi connectivity index (χ2v) is 11.1. The quantitative estimate of drug-likeness (QED) is 0.525. The molecule has 178 valence electrons. The van der Waals surface area contributed by atoms with Gasteiger partial charge in [-0.1, -0.05) is 32.9 Å². The number of rotatable bonds is 8. The van der Waals surface area contributed by atoms with Crippen molar-refractivity contribution in [2.75, 3.05) is 29.8 Å². The zero-order chi connectivity index (χ0) is 23.6. The van der Waals surface area contributed by atoms with E-state index in [1.807, 2.05) is 48.7 Å². The summed E-state index contributed by atoms with van der Waals surface area (Å²) in [6.07, 6.45) is 2.89. The molecule has 0 unspecified atom stereocenters. The van der Waals surface area contributed by atoms with Crippen LogP contribution in [0.2, 0.25) is 0 Å². The second kappa shape index (κ2) is 9.73. The minimum atomic E-state index is -3.76. The Labute approximate surface area is 196 Å². The van der Waals surface area contributed by atoms with Gasteiger partial charge in [0, 0.05) is 26.3 Å². The zero-order valence-corrected chi connectivity index (χ0v) is 20.5. The molecule has 8 heteroatoms. The Bertz CT molecular complexity index is 1200. The van der Waals surface area contributed by atoms with Gasteiger partial charge in [-0.2, -0.15) is 0 Å². The Morgan fingerprint density at radius 2 is 1.85 bits per heavy atom. The Hall–Kier alpha value is -2.58. The maximum Gasteiger partial charge on any atom is 0.264 e. The summed E-state index contributed by atoms with van der Waals surface area (Å²) in [7, 11) is -3.76. The number of hydrogen-bond donors (Lipinski definition) is 1. The van der Waals surface area contributed by atoms with E-state index in [9.17, 15) is 8.42 Å². The SMILES string of the molecule is CCc1ccc(N(CC(C)C)S(=O)(=O)c2ccc3c(c2)nc(N)n3CC2CCOCC2)cc1. The summed E-state index contributed by atoms with van der Waals surface area (Å²) in [5, 5.41) is 0. The summed E-state index contributed by atoms with van der Waals surface area (Å²) in [5.41, 5.74) is 9.54. The van der Waals surface area contributed by atoms with Crippen LogP contribution < -0.4 is 10.0 Å². The third-order valence-corrected chi connectivity index (χ3v) is 8.07. The first kappa shape index (κ1) is 23.6. The molecule has 33 heavy (non-hydrogen) atoms. The van der Waals surface area contributed by atoms with Gasteiger partial charge in [-0.25, -0.2) is 13.4 Å². The van der Waals surface area contributed by atoms with Gasteiger partial charge in [0.25, 0.3) is 10.0 Å². The molecule has 2 aromatic carbocycles. The van der Waals surface area contributed by atoms with Gasteiger partial charge in [-0.15, -0.1) is 0 Å². The van der Waals surface area contributed by atoms with E-state index in [2.05, 4.69) is 11.9 Å². The number of imidazole rings is 1. The van der Waals surface area contributed by atoms with Gasteiger partial charge >= 0.3 is 0 Å². The van der Waals surface area contributed by atoms with Gasteiger partial charge in [-0.05, 0) is 67.0 Å². The van der Waals surface area contributed by atoms with Crippen LogP contribution >= 0.6 is 0 Å². The lowest BCUT2D eigenvalue weighted by Gasteiger charge is -2.26. The maximum absolute atomic E-state index is 13.7. The Balaban J connectivity index is 1.68. The smallest absolute Gasteiger partial charge is 0.264 e. The molecule has 0 amide bonds. The van der Waals surface area contributed by atoms with Gasteiger partial charge in [0.1, 0.15) is 0 Å². The van der Waals surface area contributed by atoms with E-state index >= 15 is 0 Å². The number of nitrogens with two attached hydrogens (primary N) is 1. The van der Waals surface area contributed by atoms with Crippen molar-refractivity contribution >= 4 is 32.7 Å². The van der Waals surface area contributed by atoms with Crippen LogP contribution in [0, 0.1) is 11.8 Å². The molecule has 1 saturated heterocycles. The molecule has 1 aliphatic heterocycles. The first-order valence-corrected chi connectivity index (χ1v) is 13.2. The minimum absolute atomic E-state index is 0.170. The van der Waals surface area contributed by atoms with Crippen LogP contribution in [0.1, 0.15) is 39.2 Å². The number of aryl methyl sites for hydroxylation is 1. The molecule has 1 fully saturated rings. The molecule has 2 N–H and O–H groups in total. The Morgan fingerprint density at radius 1 is 1.15 bits per heavy atom. The van der Waals surface area contributed by atoms with Crippen LogP contribution in [-0.2, 0) is 27.7 Å². The highest BCUT2D eigenvalue weighted by molar-refractivity contribution is 7.92. The predicted molar refractivity (Wildman–Crippen MR) is 133 cm³/mol. The maximum atomic E-state index is 13.7. The van der Waals surface area contributed by atoms with E-state index in [1.165, 1.54) is 9.87 Å². The molecule has 1 aliphatic rings. The highest BCUT2D eigenvalue weighted by atomic mass is 32.2. The van der Waals surface area contributed by atoms with Gasteiger partial charge in [0.15, 0.2) is 0 Å². The van der Waals surface area contributed by atoms with Crippen LogP contribution in [0.3, 0.4) is 0 Å². The molecule has 1 aromatic heterocycles. The second-order valence-electron chi connectivity index (χ2n) is 9.24. The van der Waals surface area contributed by atoms with E-state index in [0.29, 0.717) is 29.6 Å². The van der Waals surface area contributed by atoms with Gasteiger partial charge < -0.3 is 15.0 Å². The number of nitrogens with zero attached hydrogens (tertiary/aromatic N) is 3. The molecule has 4 rings (SSSR count). The lowest BCUT2D eigenvalue weighted by atomic mass is 10.0. The van der Waals surface area contributed by atoms with Crippen LogP contribution in [0.15, 0.2) is 47.4 Å². The summed E-state index contributed by atoms with van der Waals surface area (Å²) in [5.74, 6) is 1.07. The highest BCUT2D eigenvalue weighted by Crippen LogP contribution is 2.29. The van der Waals surface area contributed by atoms with Crippen molar-refractivity contribution in [3.05, 3.63) is 48.0 Å². The van der Waals surface area contributed by atoms with Crippen LogP contribution in [0.25, 0.3) is 11.0 Å². The summed E-state index contributed by atoms with van der Waals surface area (Å²) in [6.45, 7) is 8.82. The molecule has 7 nitrogen and oxygen atoms in total. The molecule has 0 saturated carbocycles. The molecule has 0 spiro atoms. The summed E-state index contributed by atoms with van der Waals surface area (Å²) in [6, 6.07) is 12.9. The van der Waals surface area contributed by atoms with Crippen molar-refractivity contribution in [2.24, 2.45) is 11.8 Å². The molecule has 3 aromatic rings. The Kier molecular flexibility index (Phi) is 6.95. The largest absolute Gasteiger partial charge is 0.381 e.